The van der Waals surface area contributed by atoms with Gasteiger partial charge in [0.25, 0.3) is 0 Å². The monoisotopic (exact) mass is 403 g/mol. The lowest BCUT2D eigenvalue weighted by atomic mass is 9.97. The summed E-state index contributed by atoms with van der Waals surface area (Å²) in [5, 5.41) is 13.4. The number of likely N-dealkylation sites (N-methyl/N-ethyl adjacent to an activating group) is 1. The van der Waals surface area contributed by atoms with Crippen molar-refractivity contribution in [2.75, 3.05) is 20.6 Å². The van der Waals surface area contributed by atoms with Crippen molar-refractivity contribution in [3.8, 4) is 0 Å². The molecule has 2 aliphatic heterocycles. The van der Waals surface area contributed by atoms with Gasteiger partial charge in [0, 0.05) is 26.7 Å². The van der Waals surface area contributed by atoms with Gasteiger partial charge in [-0.25, -0.2) is 9.59 Å². The number of hydrogen-bond donors (Lipinski definition) is 3. The van der Waals surface area contributed by atoms with Crippen LogP contribution in [0.1, 0.15) is 23.3 Å². The van der Waals surface area contributed by atoms with Crippen LogP contribution in [0, 0.1) is 0 Å². The number of aryl methyl sites for hydroxylation is 1. The number of urea groups is 1. The van der Waals surface area contributed by atoms with Gasteiger partial charge in [0.2, 0.25) is 0 Å². The first kappa shape index (κ1) is 18.9. The molecule has 0 aliphatic carbocycles. The van der Waals surface area contributed by atoms with Crippen LogP contribution in [-0.4, -0.2) is 71.3 Å². The average Bonchev–Trinajstić information content (AvgIpc) is 3.11. The number of amides is 3. The van der Waals surface area contributed by atoms with Crippen LogP contribution in [0.3, 0.4) is 0 Å². The summed E-state index contributed by atoms with van der Waals surface area (Å²) in [5.41, 5.74) is 1.01. The van der Waals surface area contributed by atoms with E-state index in [1.807, 2.05) is 0 Å². The predicted molar refractivity (Wildman–Crippen MR) is 87.3 cm³/mol. The summed E-state index contributed by atoms with van der Waals surface area (Å²) in [4.78, 5) is 30.0. The fourth-order valence-electron chi connectivity index (χ4n) is 3.07. The highest BCUT2D eigenvalue weighted by Crippen LogP contribution is 2.44. The van der Waals surface area contributed by atoms with E-state index < -0.39 is 34.6 Å². The number of rotatable bonds is 4. The second kappa shape index (κ2) is 6.67. The summed E-state index contributed by atoms with van der Waals surface area (Å²) in [6, 6.07) is -2.49. The number of aromatic nitrogens is 2. The molecule has 3 N–H and O–H groups in total. The Morgan fingerprint density at radius 1 is 1.41 bits per heavy atom. The van der Waals surface area contributed by atoms with Crippen LogP contribution in [0.15, 0.2) is 11.4 Å². The number of hydroxylamine groups is 2. The Labute approximate surface area is 153 Å². The highest BCUT2D eigenvalue weighted by Gasteiger charge is 2.53. The first-order chi connectivity index (χ1) is 12.7. The maximum atomic E-state index is 12.7. The average molecular weight is 403 g/mol. The first-order valence-electron chi connectivity index (χ1n) is 7.61. The van der Waals surface area contributed by atoms with Gasteiger partial charge in [-0.3, -0.25) is 14.1 Å². The third-order valence-electron chi connectivity index (χ3n) is 4.15. The number of hydrogen-bond acceptors (Lipinski definition) is 8. The lowest BCUT2D eigenvalue weighted by molar-refractivity contribution is -0.0316. The Morgan fingerprint density at radius 3 is 2.70 bits per heavy atom. The van der Waals surface area contributed by atoms with E-state index in [9.17, 15) is 18.0 Å². The molecule has 2 atom stereocenters. The number of amidine groups is 1. The molecule has 0 radical (unpaired) electrons. The molecule has 3 amide bonds. The van der Waals surface area contributed by atoms with Crippen LogP contribution in [0.25, 0.3) is 0 Å². The lowest BCUT2D eigenvalue weighted by Crippen LogP contribution is -2.44. The van der Waals surface area contributed by atoms with Crippen molar-refractivity contribution in [3.63, 3.8) is 0 Å². The zero-order chi connectivity index (χ0) is 19.9. The minimum atomic E-state index is -4.92. The van der Waals surface area contributed by atoms with E-state index in [-0.39, 0.29) is 12.4 Å². The topological polar surface area (TPSA) is 168 Å². The van der Waals surface area contributed by atoms with Gasteiger partial charge in [-0.15, -0.1) is 4.28 Å². The van der Waals surface area contributed by atoms with Gasteiger partial charge in [0.15, 0.2) is 5.84 Å². The first-order valence-corrected chi connectivity index (χ1v) is 8.97. The second-order valence-corrected chi connectivity index (χ2v) is 6.65. The second-order valence-electron chi connectivity index (χ2n) is 5.65. The molecule has 0 unspecified atom stereocenters. The normalized spacial score (nSPS) is 21.9. The predicted octanol–water partition coefficient (Wildman–Crippen LogP) is -1.12. The summed E-state index contributed by atoms with van der Waals surface area (Å²) in [6.07, 6.45) is 0.640. The van der Waals surface area contributed by atoms with Crippen molar-refractivity contribution >= 4 is 28.4 Å². The minimum Gasteiger partial charge on any atom is -0.372 e. The molecule has 3 heterocycles. The van der Waals surface area contributed by atoms with Crippen LogP contribution >= 0.6 is 0 Å². The Kier molecular flexibility index (Phi) is 4.66. The van der Waals surface area contributed by atoms with Crippen LogP contribution in [0.2, 0.25) is 0 Å². The van der Waals surface area contributed by atoms with Gasteiger partial charge in [0.1, 0.15) is 12.1 Å². The van der Waals surface area contributed by atoms with Crippen LogP contribution in [0.4, 0.5) is 9.59 Å². The zero-order valence-corrected chi connectivity index (χ0v) is 15.3. The molecule has 0 aromatic carbocycles. The molecule has 1 aromatic heterocycles. The minimum absolute atomic E-state index is 0.0401. The van der Waals surface area contributed by atoms with Gasteiger partial charge in [-0.1, -0.05) is 5.16 Å². The number of fused-ring (bicyclic) bond motifs is 4. The molecular formula is C12H17N7O7S. The van der Waals surface area contributed by atoms with E-state index in [1.54, 1.807) is 7.05 Å². The summed E-state index contributed by atoms with van der Waals surface area (Å²) < 4.78 is 37.1. The van der Waals surface area contributed by atoms with Crippen molar-refractivity contribution in [1.29, 1.82) is 0 Å². The van der Waals surface area contributed by atoms with Crippen LogP contribution < -0.4 is 10.6 Å². The fourth-order valence-corrected chi connectivity index (χ4v) is 3.44. The Balaban J connectivity index is 2.05. The molecule has 148 valence electrons. The van der Waals surface area contributed by atoms with Crippen LogP contribution in [-0.2, 0) is 26.6 Å². The molecule has 15 heteroatoms. The molecule has 0 spiro atoms. The molecule has 27 heavy (non-hydrogen) atoms. The summed E-state index contributed by atoms with van der Waals surface area (Å²) in [6.45, 7) is 0.0401. The van der Waals surface area contributed by atoms with E-state index in [0.717, 1.165) is 0 Å². The highest BCUT2D eigenvalue weighted by atomic mass is 32.3. The van der Waals surface area contributed by atoms with Crippen molar-refractivity contribution in [2.45, 2.75) is 12.1 Å². The van der Waals surface area contributed by atoms with Gasteiger partial charge in [-0.2, -0.15) is 18.6 Å². The lowest BCUT2D eigenvalue weighted by Gasteiger charge is -2.31. The number of nitrogens with zero attached hydrogens (tertiary/aromatic N) is 5. The standard InChI is InChI=1S/C12H17N7O7S/c1-13-10(16-25-11(20)14-2)9-8-6(4-15-17(8)3)7-5-18(9)12(21)19(7)26-27(22,23)24/h4,7,9H,5H2,1-3H3,(H,13,16)(H,14,20)(H,22,23,24)/t7-,9+/m1/s1. The molecule has 3 rings (SSSR count). The third-order valence-corrected chi connectivity index (χ3v) is 4.50. The molecule has 2 aliphatic rings. The molecule has 14 nitrogen and oxygen atoms in total. The number of carbonyl (C=O) groups is 2. The Morgan fingerprint density at radius 2 is 2.11 bits per heavy atom. The summed E-state index contributed by atoms with van der Waals surface area (Å²) in [7, 11) is -0.415. The maximum Gasteiger partial charge on any atom is 0.433 e. The van der Waals surface area contributed by atoms with Crippen molar-refractivity contribution in [2.24, 2.45) is 12.2 Å². The zero-order valence-electron chi connectivity index (χ0n) is 14.5. The highest BCUT2D eigenvalue weighted by molar-refractivity contribution is 7.80. The fraction of sp³-hybridized carbons (Fsp3) is 0.500. The number of nitrogens with one attached hydrogen (secondary N) is 2. The van der Waals surface area contributed by atoms with Gasteiger partial charge in [-0.05, 0) is 0 Å². The molecule has 2 bridgehead atoms. The summed E-state index contributed by atoms with van der Waals surface area (Å²) >= 11 is 0. The van der Waals surface area contributed by atoms with E-state index >= 15 is 0 Å². The number of oxime groups is 1. The van der Waals surface area contributed by atoms with E-state index in [1.165, 1.54) is 29.9 Å². The van der Waals surface area contributed by atoms with E-state index in [2.05, 4.69) is 25.2 Å². The summed E-state index contributed by atoms with van der Waals surface area (Å²) in [5.74, 6) is 0.101. The van der Waals surface area contributed by atoms with Gasteiger partial charge < -0.3 is 15.5 Å². The Bertz CT molecular complexity index is 911. The quantitative estimate of drug-likeness (QED) is 0.185. The third kappa shape index (κ3) is 3.26. The maximum absolute atomic E-state index is 12.7. The van der Waals surface area contributed by atoms with Gasteiger partial charge in [0.05, 0.1) is 18.4 Å². The SMILES string of the molecule is CNC(=O)O/N=C(\NC)[C@@H]1c2c(cnn2C)[C@H]2CN1C(=O)N2OS(=O)(=O)O. The molecule has 0 saturated carbocycles. The molecule has 1 fully saturated rings. The van der Waals surface area contributed by atoms with Crippen molar-refractivity contribution < 1.29 is 31.7 Å². The Hall–Kier alpha value is -2.91. The van der Waals surface area contributed by atoms with E-state index in [4.69, 9.17) is 9.39 Å². The van der Waals surface area contributed by atoms with Crippen LogP contribution in [0.5, 0.6) is 0 Å². The van der Waals surface area contributed by atoms with Crippen molar-refractivity contribution in [1.82, 2.24) is 30.4 Å². The van der Waals surface area contributed by atoms with Gasteiger partial charge >= 0.3 is 22.5 Å². The molecule has 1 aromatic rings. The van der Waals surface area contributed by atoms with Crippen molar-refractivity contribution in [3.05, 3.63) is 17.5 Å². The molecular weight excluding hydrogens is 386 g/mol. The van der Waals surface area contributed by atoms with E-state index in [0.29, 0.717) is 16.3 Å². The number of carbonyl (C=O) groups excluding carboxylic acids is 2. The molecule has 1 saturated heterocycles. The largest absolute Gasteiger partial charge is 0.433 e. The smallest absolute Gasteiger partial charge is 0.372 e.